The quantitative estimate of drug-likeness (QED) is 0.824. The number of nitrogens with zero attached hydrogens (tertiary/aromatic N) is 1. The topological polar surface area (TPSA) is 15.3 Å². The second kappa shape index (κ2) is 6.86. The standard InChI is InChI=1S/C16H31F3N2/c1-6-15(5,11-20-14(2,3)4)12-21-9-7-8-13(10-21)16(17,18)19/h13,20H,6-12H2,1-5H3. The second-order valence-corrected chi connectivity index (χ2v) is 7.88. The van der Waals surface area contributed by atoms with Crippen molar-refractivity contribution in [3.8, 4) is 0 Å². The molecule has 1 aliphatic heterocycles. The van der Waals surface area contributed by atoms with E-state index in [0.29, 0.717) is 6.42 Å². The molecule has 0 aliphatic carbocycles. The third kappa shape index (κ3) is 6.55. The minimum atomic E-state index is -4.05. The molecular weight excluding hydrogens is 277 g/mol. The molecule has 0 bridgehead atoms. The van der Waals surface area contributed by atoms with Gasteiger partial charge in [-0.2, -0.15) is 13.2 Å². The van der Waals surface area contributed by atoms with Crippen molar-refractivity contribution in [3.05, 3.63) is 0 Å². The highest BCUT2D eigenvalue weighted by Crippen LogP contribution is 2.34. The fourth-order valence-corrected chi connectivity index (χ4v) is 2.78. The van der Waals surface area contributed by atoms with E-state index in [1.807, 2.05) is 4.90 Å². The molecule has 126 valence electrons. The molecule has 0 aromatic heterocycles. The van der Waals surface area contributed by atoms with Crippen molar-refractivity contribution >= 4 is 0 Å². The van der Waals surface area contributed by atoms with Gasteiger partial charge in [-0.25, -0.2) is 0 Å². The Labute approximate surface area is 127 Å². The van der Waals surface area contributed by atoms with Crippen molar-refractivity contribution in [2.75, 3.05) is 26.2 Å². The van der Waals surface area contributed by atoms with Crippen LogP contribution in [0, 0.1) is 11.3 Å². The van der Waals surface area contributed by atoms with Crippen LogP contribution in [0.1, 0.15) is 53.9 Å². The summed E-state index contributed by atoms with van der Waals surface area (Å²) in [4.78, 5) is 2.01. The summed E-state index contributed by atoms with van der Waals surface area (Å²) >= 11 is 0. The van der Waals surface area contributed by atoms with E-state index in [9.17, 15) is 13.2 Å². The Kier molecular flexibility index (Phi) is 6.13. The van der Waals surface area contributed by atoms with Crippen LogP contribution in [-0.4, -0.2) is 42.8 Å². The number of halogens is 3. The summed E-state index contributed by atoms with van der Waals surface area (Å²) in [5, 5.41) is 3.50. The van der Waals surface area contributed by atoms with E-state index in [1.54, 1.807) is 0 Å². The van der Waals surface area contributed by atoms with Gasteiger partial charge in [0.15, 0.2) is 0 Å². The third-order valence-electron chi connectivity index (χ3n) is 4.47. The van der Waals surface area contributed by atoms with E-state index in [2.05, 4.69) is 39.9 Å². The first-order valence-electron chi connectivity index (χ1n) is 7.99. The zero-order chi connectivity index (χ0) is 16.3. The SMILES string of the molecule is CCC(C)(CNC(C)(C)C)CN1CCCC(C(F)(F)F)C1. The fraction of sp³-hybridized carbons (Fsp3) is 1.00. The van der Waals surface area contributed by atoms with Crippen LogP contribution < -0.4 is 5.32 Å². The molecule has 0 spiro atoms. The summed E-state index contributed by atoms with van der Waals surface area (Å²) in [6.45, 7) is 13.2. The van der Waals surface area contributed by atoms with E-state index < -0.39 is 12.1 Å². The summed E-state index contributed by atoms with van der Waals surface area (Å²) in [5.41, 5.74) is 0.0492. The van der Waals surface area contributed by atoms with Gasteiger partial charge < -0.3 is 10.2 Å². The number of piperidine rings is 1. The van der Waals surface area contributed by atoms with Gasteiger partial charge in [-0.05, 0) is 52.0 Å². The van der Waals surface area contributed by atoms with E-state index in [4.69, 9.17) is 0 Å². The molecule has 1 N–H and O–H groups in total. The Morgan fingerprint density at radius 1 is 1.14 bits per heavy atom. The number of hydrogen-bond donors (Lipinski definition) is 1. The first-order valence-corrected chi connectivity index (χ1v) is 7.99. The predicted octanol–water partition coefficient (Wildman–Crippen LogP) is 4.07. The Hall–Kier alpha value is -0.290. The Morgan fingerprint density at radius 3 is 2.24 bits per heavy atom. The van der Waals surface area contributed by atoms with Crippen molar-refractivity contribution in [2.24, 2.45) is 11.3 Å². The fourth-order valence-electron chi connectivity index (χ4n) is 2.78. The highest BCUT2D eigenvalue weighted by molar-refractivity contribution is 4.86. The average molecular weight is 308 g/mol. The Balaban J connectivity index is 2.59. The summed E-state index contributed by atoms with van der Waals surface area (Å²) in [7, 11) is 0. The molecule has 1 heterocycles. The monoisotopic (exact) mass is 308 g/mol. The molecule has 0 amide bonds. The zero-order valence-electron chi connectivity index (χ0n) is 14.1. The van der Waals surface area contributed by atoms with Crippen molar-refractivity contribution in [1.29, 1.82) is 0 Å². The molecule has 0 saturated carbocycles. The van der Waals surface area contributed by atoms with Crippen LogP contribution in [0.3, 0.4) is 0 Å². The first kappa shape index (κ1) is 18.8. The van der Waals surface area contributed by atoms with Crippen LogP contribution in [0.5, 0.6) is 0 Å². The summed E-state index contributed by atoms with van der Waals surface area (Å²) in [5.74, 6) is -1.15. The van der Waals surface area contributed by atoms with Crippen LogP contribution in [0.15, 0.2) is 0 Å². The molecule has 1 rings (SSSR count). The molecule has 2 atom stereocenters. The average Bonchev–Trinajstić information content (AvgIpc) is 2.35. The van der Waals surface area contributed by atoms with Gasteiger partial charge in [0, 0.05) is 25.2 Å². The smallest absolute Gasteiger partial charge is 0.311 e. The van der Waals surface area contributed by atoms with Crippen molar-refractivity contribution in [3.63, 3.8) is 0 Å². The van der Waals surface area contributed by atoms with Crippen molar-refractivity contribution in [2.45, 2.75) is 65.6 Å². The van der Waals surface area contributed by atoms with Crippen LogP contribution in [-0.2, 0) is 0 Å². The maximum Gasteiger partial charge on any atom is 0.393 e. The van der Waals surface area contributed by atoms with E-state index in [1.165, 1.54) is 0 Å². The number of likely N-dealkylation sites (tertiary alicyclic amines) is 1. The molecule has 21 heavy (non-hydrogen) atoms. The molecule has 1 aliphatic rings. The molecule has 1 saturated heterocycles. The van der Waals surface area contributed by atoms with Crippen LogP contribution in [0.25, 0.3) is 0 Å². The van der Waals surface area contributed by atoms with Crippen LogP contribution in [0.2, 0.25) is 0 Å². The van der Waals surface area contributed by atoms with Crippen LogP contribution >= 0.6 is 0 Å². The zero-order valence-corrected chi connectivity index (χ0v) is 14.1. The van der Waals surface area contributed by atoms with E-state index in [0.717, 1.165) is 26.1 Å². The molecule has 0 radical (unpaired) electrons. The van der Waals surface area contributed by atoms with Gasteiger partial charge in [-0.15, -0.1) is 0 Å². The lowest BCUT2D eigenvalue weighted by Crippen LogP contribution is -2.50. The number of nitrogens with one attached hydrogen (secondary N) is 1. The summed E-state index contributed by atoms with van der Waals surface area (Å²) in [6, 6.07) is 0. The maximum absolute atomic E-state index is 12.9. The van der Waals surface area contributed by atoms with E-state index in [-0.39, 0.29) is 23.9 Å². The predicted molar refractivity (Wildman–Crippen MR) is 81.4 cm³/mol. The Morgan fingerprint density at radius 2 is 1.76 bits per heavy atom. The molecular formula is C16H31F3N2. The lowest BCUT2D eigenvalue weighted by Gasteiger charge is -2.41. The van der Waals surface area contributed by atoms with Crippen LogP contribution in [0.4, 0.5) is 13.2 Å². The second-order valence-electron chi connectivity index (χ2n) is 7.88. The highest BCUT2D eigenvalue weighted by atomic mass is 19.4. The van der Waals surface area contributed by atoms with Gasteiger partial charge in [0.2, 0.25) is 0 Å². The molecule has 0 aromatic carbocycles. The van der Waals surface area contributed by atoms with Gasteiger partial charge >= 0.3 is 6.18 Å². The normalized spacial score (nSPS) is 24.9. The number of alkyl halides is 3. The van der Waals surface area contributed by atoms with Gasteiger partial charge in [-0.3, -0.25) is 0 Å². The van der Waals surface area contributed by atoms with Crippen molar-refractivity contribution < 1.29 is 13.2 Å². The first-order chi connectivity index (χ1) is 9.45. The van der Waals surface area contributed by atoms with Gasteiger partial charge in [-0.1, -0.05) is 13.8 Å². The molecule has 1 fully saturated rings. The van der Waals surface area contributed by atoms with Crippen molar-refractivity contribution in [1.82, 2.24) is 10.2 Å². The summed E-state index contributed by atoms with van der Waals surface area (Å²) < 4.78 is 38.7. The van der Waals surface area contributed by atoms with Gasteiger partial charge in [0.05, 0.1) is 5.92 Å². The summed E-state index contributed by atoms with van der Waals surface area (Å²) in [6.07, 6.45) is -2.16. The molecule has 2 nitrogen and oxygen atoms in total. The lowest BCUT2D eigenvalue weighted by molar-refractivity contribution is -0.187. The molecule has 2 unspecified atom stereocenters. The van der Waals surface area contributed by atoms with E-state index >= 15 is 0 Å². The van der Waals surface area contributed by atoms with Gasteiger partial charge in [0.1, 0.15) is 0 Å². The lowest BCUT2D eigenvalue weighted by atomic mass is 9.84. The minimum Gasteiger partial charge on any atom is -0.311 e. The van der Waals surface area contributed by atoms with Gasteiger partial charge in [0.25, 0.3) is 0 Å². The maximum atomic E-state index is 12.9. The minimum absolute atomic E-state index is 0.0147. The Bertz CT molecular complexity index is 322. The largest absolute Gasteiger partial charge is 0.393 e. The number of rotatable bonds is 5. The molecule has 5 heteroatoms. The number of hydrogen-bond acceptors (Lipinski definition) is 2. The highest BCUT2D eigenvalue weighted by Gasteiger charge is 2.42. The third-order valence-corrected chi connectivity index (χ3v) is 4.47. The molecule has 0 aromatic rings.